The van der Waals surface area contributed by atoms with Gasteiger partial charge in [0.25, 0.3) is 5.91 Å². The standard InChI is InChI=1S/C32H40N6O4/c1-6-37-27-24(35-29(37)25-16-21-9-7-13-33-28(21)38(25)18-20-11-12-20)15-22(17-26(27)41-5)30(39)36-14-8-10-23(19-36)34-31(40)42-32(2,3)4/h7,9,13,15-17,20,23H,6,8,10-12,14,18-19H2,1-5H3,(H,34,40)/t23-/m1/s1. The molecule has 2 fully saturated rings. The molecule has 10 heteroatoms. The summed E-state index contributed by atoms with van der Waals surface area (Å²) in [5.41, 5.74) is 3.51. The number of carbonyl (C=O) groups excluding carboxylic acids is 2. The van der Waals surface area contributed by atoms with Gasteiger partial charge in [-0.05, 0) is 89.6 Å². The second kappa shape index (κ2) is 11.0. The van der Waals surface area contributed by atoms with E-state index >= 15 is 0 Å². The van der Waals surface area contributed by atoms with Gasteiger partial charge in [-0.2, -0.15) is 0 Å². The summed E-state index contributed by atoms with van der Waals surface area (Å²) in [7, 11) is 1.63. The molecule has 1 aromatic carbocycles. The number of fused-ring (bicyclic) bond motifs is 2. The van der Waals surface area contributed by atoms with Gasteiger partial charge in [-0.1, -0.05) is 0 Å². The predicted molar refractivity (Wildman–Crippen MR) is 162 cm³/mol. The molecule has 4 aromatic rings. The lowest BCUT2D eigenvalue weighted by molar-refractivity contribution is 0.0452. The SMILES string of the molecule is CCn1c(-c2cc3cccnc3n2CC2CC2)nc2cc(C(=O)N3CCC[C@@H](NC(=O)OC(C)(C)C)C3)cc(OC)c21. The van der Waals surface area contributed by atoms with Crippen LogP contribution in [-0.4, -0.2) is 67.8 Å². The summed E-state index contributed by atoms with van der Waals surface area (Å²) in [6.07, 6.45) is 5.43. The molecule has 10 nitrogen and oxygen atoms in total. The minimum absolute atomic E-state index is 0.106. The average molecular weight is 573 g/mol. The van der Waals surface area contributed by atoms with Crippen LogP contribution >= 0.6 is 0 Å². The number of pyridine rings is 1. The lowest BCUT2D eigenvalue weighted by Gasteiger charge is -2.33. The number of likely N-dealkylation sites (tertiary alicyclic amines) is 1. The molecule has 4 heterocycles. The highest BCUT2D eigenvalue weighted by Gasteiger charge is 2.30. The van der Waals surface area contributed by atoms with Crippen molar-refractivity contribution in [3.63, 3.8) is 0 Å². The fourth-order valence-electron chi connectivity index (χ4n) is 5.96. The van der Waals surface area contributed by atoms with E-state index in [-0.39, 0.29) is 11.9 Å². The average Bonchev–Trinajstić information content (AvgIpc) is 3.59. The molecule has 1 saturated carbocycles. The predicted octanol–water partition coefficient (Wildman–Crippen LogP) is 5.62. The first-order valence-electron chi connectivity index (χ1n) is 15.0. The van der Waals surface area contributed by atoms with Gasteiger partial charge >= 0.3 is 6.09 Å². The maximum Gasteiger partial charge on any atom is 0.407 e. The van der Waals surface area contributed by atoms with E-state index in [2.05, 4.69) is 33.5 Å². The number of benzene rings is 1. The third kappa shape index (κ3) is 5.54. The molecule has 2 amide bonds. The highest BCUT2D eigenvalue weighted by Crippen LogP contribution is 2.38. The summed E-state index contributed by atoms with van der Waals surface area (Å²) in [6, 6.07) is 9.74. The Balaban J connectivity index is 1.34. The maximum absolute atomic E-state index is 13.8. The number of amides is 2. The molecular formula is C32H40N6O4. The molecule has 2 aliphatic rings. The largest absolute Gasteiger partial charge is 0.494 e. The highest BCUT2D eigenvalue weighted by molar-refractivity contribution is 6.00. The van der Waals surface area contributed by atoms with Gasteiger partial charge in [0, 0.05) is 49.4 Å². The molecule has 0 unspecified atom stereocenters. The fraction of sp³-hybridized carbons (Fsp3) is 0.500. The molecule has 1 saturated heterocycles. The highest BCUT2D eigenvalue weighted by atomic mass is 16.6. The number of rotatable bonds is 7. The summed E-state index contributed by atoms with van der Waals surface area (Å²) in [5, 5.41) is 4.02. The number of piperidine rings is 1. The molecule has 1 N–H and O–H groups in total. The molecule has 1 aliphatic heterocycles. The molecule has 0 spiro atoms. The van der Waals surface area contributed by atoms with Gasteiger partial charge in [-0.25, -0.2) is 14.8 Å². The van der Waals surface area contributed by atoms with Crippen LogP contribution in [0.15, 0.2) is 36.5 Å². The first kappa shape index (κ1) is 28.1. The van der Waals surface area contributed by atoms with E-state index in [0.717, 1.165) is 47.5 Å². The van der Waals surface area contributed by atoms with Gasteiger partial charge in [-0.3, -0.25) is 4.79 Å². The van der Waals surface area contributed by atoms with E-state index in [1.54, 1.807) is 12.0 Å². The van der Waals surface area contributed by atoms with E-state index in [1.807, 2.05) is 45.2 Å². The molecule has 222 valence electrons. The third-order valence-corrected chi connectivity index (χ3v) is 8.04. The fourth-order valence-corrected chi connectivity index (χ4v) is 5.96. The van der Waals surface area contributed by atoms with Gasteiger partial charge in [0.2, 0.25) is 0 Å². The zero-order valence-electron chi connectivity index (χ0n) is 25.1. The monoisotopic (exact) mass is 572 g/mol. The number of hydrogen-bond acceptors (Lipinski definition) is 6. The summed E-state index contributed by atoms with van der Waals surface area (Å²) in [6.45, 7) is 10.2. The lowest BCUT2D eigenvalue weighted by Crippen LogP contribution is -2.50. The normalized spacial score (nSPS) is 17.5. The van der Waals surface area contributed by atoms with Crippen molar-refractivity contribution >= 4 is 34.1 Å². The summed E-state index contributed by atoms with van der Waals surface area (Å²) >= 11 is 0. The molecule has 6 rings (SSSR count). The molecule has 42 heavy (non-hydrogen) atoms. The van der Waals surface area contributed by atoms with Crippen molar-refractivity contribution in [2.75, 3.05) is 20.2 Å². The number of methoxy groups -OCH3 is 1. The number of alkyl carbamates (subject to hydrolysis) is 1. The summed E-state index contributed by atoms with van der Waals surface area (Å²) in [4.78, 5) is 37.7. The van der Waals surface area contributed by atoms with Crippen LogP contribution in [0.25, 0.3) is 33.6 Å². The number of nitrogens with one attached hydrogen (secondary N) is 1. The Labute approximate surface area is 246 Å². The van der Waals surface area contributed by atoms with Crippen molar-refractivity contribution in [2.24, 2.45) is 5.92 Å². The maximum atomic E-state index is 13.8. The topological polar surface area (TPSA) is 104 Å². The van der Waals surface area contributed by atoms with Crippen LogP contribution in [-0.2, 0) is 17.8 Å². The molecule has 3 aromatic heterocycles. The summed E-state index contributed by atoms with van der Waals surface area (Å²) < 4.78 is 15.7. The Morgan fingerprint density at radius 3 is 2.64 bits per heavy atom. The molecule has 0 bridgehead atoms. The Morgan fingerprint density at radius 1 is 1.12 bits per heavy atom. The Kier molecular flexibility index (Phi) is 7.32. The van der Waals surface area contributed by atoms with Crippen LogP contribution in [0.5, 0.6) is 5.75 Å². The van der Waals surface area contributed by atoms with Gasteiger partial charge < -0.3 is 28.8 Å². The van der Waals surface area contributed by atoms with Gasteiger partial charge in [0.05, 0.1) is 18.3 Å². The minimum Gasteiger partial charge on any atom is -0.494 e. The number of hydrogen-bond donors (Lipinski definition) is 1. The van der Waals surface area contributed by atoms with Crippen LogP contribution in [0, 0.1) is 5.92 Å². The molecular weight excluding hydrogens is 532 g/mol. The number of aromatic nitrogens is 4. The number of imidazole rings is 1. The first-order valence-corrected chi connectivity index (χ1v) is 15.0. The van der Waals surface area contributed by atoms with E-state index in [0.29, 0.717) is 42.4 Å². The number of ether oxygens (including phenoxy) is 2. The van der Waals surface area contributed by atoms with Crippen LogP contribution in [0.3, 0.4) is 0 Å². The van der Waals surface area contributed by atoms with Crippen molar-refractivity contribution in [1.82, 2.24) is 29.3 Å². The van der Waals surface area contributed by atoms with Crippen molar-refractivity contribution in [3.8, 4) is 17.3 Å². The van der Waals surface area contributed by atoms with Crippen LogP contribution in [0.4, 0.5) is 4.79 Å². The Bertz CT molecular complexity index is 1640. The molecule has 0 radical (unpaired) electrons. The second-order valence-electron chi connectivity index (χ2n) is 12.5. The Morgan fingerprint density at radius 2 is 1.93 bits per heavy atom. The smallest absolute Gasteiger partial charge is 0.407 e. The quantitative estimate of drug-likeness (QED) is 0.308. The number of aryl methyl sites for hydroxylation is 1. The molecule has 1 aliphatic carbocycles. The number of nitrogens with zero attached hydrogens (tertiary/aromatic N) is 5. The van der Waals surface area contributed by atoms with E-state index in [1.165, 1.54) is 12.8 Å². The number of carbonyl (C=O) groups is 2. The van der Waals surface area contributed by atoms with Gasteiger partial charge in [0.1, 0.15) is 22.5 Å². The van der Waals surface area contributed by atoms with Crippen molar-refractivity contribution < 1.29 is 19.1 Å². The minimum atomic E-state index is -0.580. The first-order chi connectivity index (χ1) is 20.1. The van der Waals surface area contributed by atoms with Crippen molar-refractivity contribution in [2.45, 2.75) is 78.1 Å². The Hall–Kier alpha value is -4.08. The van der Waals surface area contributed by atoms with Gasteiger partial charge in [0.15, 0.2) is 5.82 Å². The second-order valence-corrected chi connectivity index (χ2v) is 12.5. The van der Waals surface area contributed by atoms with E-state index in [4.69, 9.17) is 19.4 Å². The van der Waals surface area contributed by atoms with Crippen LogP contribution < -0.4 is 10.1 Å². The van der Waals surface area contributed by atoms with Crippen molar-refractivity contribution in [1.29, 1.82) is 0 Å². The van der Waals surface area contributed by atoms with E-state index < -0.39 is 11.7 Å². The van der Waals surface area contributed by atoms with Crippen LogP contribution in [0.2, 0.25) is 0 Å². The van der Waals surface area contributed by atoms with Gasteiger partial charge in [-0.15, -0.1) is 0 Å². The lowest BCUT2D eigenvalue weighted by atomic mass is 10.0. The van der Waals surface area contributed by atoms with Crippen LogP contribution in [0.1, 0.15) is 63.7 Å². The van der Waals surface area contributed by atoms with Crippen molar-refractivity contribution in [3.05, 3.63) is 42.1 Å². The zero-order valence-corrected chi connectivity index (χ0v) is 25.1. The van der Waals surface area contributed by atoms with E-state index in [9.17, 15) is 9.59 Å². The third-order valence-electron chi connectivity index (χ3n) is 8.04. The zero-order chi connectivity index (χ0) is 29.6. The summed E-state index contributed by atoms with van der Waals surface area (Å²) in [5.74, 6) is 2.01. The molecule has 1 atom stereocenters.